The van der Waals surface area contributed by atoms with Gasteiger partial charge in [-0.25, -0.2) is 0 Å². The minimum atomic E-state index is 0.0652. The Morgan fingerprint density at radius 2 is 1.63 bits per heavy atom. The second kappa shape index (κ2) is 9.18. The molecule has 2 heterocycles. The van der Waals surface area contributed by atoms with Gasteiger partial charge in [-0.15, -0.1) is 5.10 Å². The van der Waals surface area contributed by atoms with Gasteiger partial charge in [0.2, 0.25) is 0 Å². The summed E-state index contributed by atoms with van der Waals surface area (Å²) in [6, 6.07) is 0.741. The third-order valence-electron chi connectivity index (χ3n) is 6.84. The summed E-state index contributed by atoms with van der Waals surface area (Å²) in [5.41, 5.74) is 0.525. The number of hydrogen-bond donors (Lipinski definition) is 0. The van der Waals surface area contributed by atoms with Crippen molar-refractivity contribution in [2.75, 3.05) is 26.2 Å². The monoisotopic (exact) mass is 373 g/mol. The first kappa shape index (κ1) is 18.9. The molecule has 1 aromatic rings. The predicted octanol–water partition coefficient (Wildman–Crippen LogP) is 3.34. The van der Waals surface area contributed by atoms with E-state index in [4.69, 9.17) is 0 Å². The second-order valence-electron chi connectivity index (χ2n) is 8.80. The van der Waals surface area contributed by atoms with Crippen LogP contribution in [0, 0.1) is 5.92 Å². The minimum Gasteiger partial charge on any atom is -0.336 e. The van der Waals surface area contributed by atoms with Crippen molar-refractivity contribution in [1.29, 1.82) is 0 Å². The van der Waals surface area contributed by atoms with Crippen LogP contribution in [-0.4, -0.2) is 62.9 Å². The van der Waals surface area contributed by atoms with Gasteiger partial charge in [0, 0.05) is 38.8 Å². The molecule has 2 saturated carbocycles. The molecule has 0 radical (unpaired) electrons. The molecule has 3 aliphatic rings. The van der Waals surface area contributed by atoms with Gasteiger partial charge in [-0.1, -0.05) is 43.7 Å². The van der Waals surface area contributed by atoms with Crippen LogP contribution in [0.4, 0.5) is 0 Å². The Labute approximate surface area is 163 Å². The summed E-state index contributed by atoms with van der Waals surface area (Å²) in [5, 5.41) is 8.45. The van der Waals surface area contributed by atoms with Crippen molar-refractivity contribution in [3.8, 4) is 0 Å². The third kappa shape index (κ3) is 4.89. The lowest BCUT2D eigenvalue weighted by atomic mass is 9.89. The Bertz CT molecular complexity index is 603. The van der Waals surface area contributed by atoms with Gasteiger partial charge >= 0.3 is 0 Å². The highest BCUT2D eigenvalue weighted by molar-refractivity contribution is 5.91. The van der Waals surface area contributed by atoms with Crippen LogP contribution in [0.1, 0.15) is 81.1 Å². The maximum atomic E-state index is 12.9. The first-order valence-corrected chi connectivity index (χ1v) is 11.2. The Balaban J connectivity index is 1.31. The van der Waals surface area contributed by atoms with E-state index in [1.807, 2.05) is 15.8 Å². The topological polar surface area (TPSA) is 54.3 Å². The van der Waals surface area contributed by atoms with Crippen molar-refractivity contribution in [2.45, 2.75) is 83.2 Å². The Kier molecular flexibility index (Phi) is 6.43. The van der Waals surface area contributed by atoms with E-state index >= 15 is 0 Å². The average Bonchev–Trinajstić information content (AvgIpc) is 3.04. The highest BCUT2D eigenvalue weighted by atomic mass is 16.2. The molecule has 2 aliphatic carbocycles. The second-order valence-corrected chi connectivity index (χ2v) is 8.80. The van der Waals surface area contributed by atoms with Crippen LogP contribution in [0.2, 0.25) is 0 Å². The normalized spacial score (nSPS) is 24.1. The van der Waals surface area contributed by atoms with E-state index < -0.39 is 0 Å². The zero-order valence-corrected chi connectivity index (χ0v) is 16.7. The molecular weight excluding hydrogens is 338 g/mol. The number of rotatable bonds is 4. The van der Waals surface area contributed by atoms with Crippen molar-refractivity contribution in [3.63, 3.8) is 0 Å². The number of aromatic nitrogens is 3. The molecule has 3 fully saturated rings. The maximum Gasteiger partial charge on any atom is 0.276 e. The molecule has 0 unspecified atom stereocenters. The molecule has 0 bridgehead atoms. The molecule has 4 rings (SSSR count). The summed E-state index contributed by atoms with van der Waals surface area (Å²) < 4.78 is 1.90. The molecule has 1 aliphatic heterocycles. The van der Waals surface area contributed by atoms with Crippen LogP contribution in [-0.2, 0) is 6.54 Å². The van der Waals surface area contributed by atoms with Gasteiger partial charge < -0.3 is 4.90 Å². The van der Waals surface area contributed by atoms with E-state index in [1.165, 1.54) is 64.2 Å². The summed E-state index contributed by atoms with van der Waals surface area (Å²) in [5.74, 6) is 0.765. The summed E-state index contributed by atoms with van der Waals surface area (Å²) >= 11 is 0. The van der Waals surface area contributed by atoms with Gasteiger partial charge in [0.1, 0.15) is 0 Å². The Morgan fingerprint density at radius 3 is 2.41 bits per heavy atom. The molecule has 0 spiro atoms. The fourth-order valence-corrected chi connectivity index (χ4v) is 5.23. The average molecular weight is 374 g/mol. The van der Waals surface area contributed by atoms with Crippen LogP contribution in [0.5, 0.6) is 0 Å². The molecule has 1 aromatic heterocycles. The van der Waals surface area contributed by atoms with Crippen molar-refractivity contribution >= 4 is 5.91 Å². The number of amides is 1. The van der Waals surface area contributed by atoms with Gasteiger partial charge in [-0.2, -0.15) is 0 Å². The fourth-order valence-electron chi connectivity index (χ4n) is 5.23. The van der Waals surface area contributed by atoms with Gasteiger partial charge in [0.05, 0.1) is 6.20 Å². The lowest BCUT2D eigenvalue weighted by molar-refractivity contribution is 0.0749. The number of carbonyl (C=O) groups excluding carboxylic acids is 1. The van der Waals surface area contributed by atoms with Gasteiger partial charge in [0.25, 0.3) is 5.91 Å². The number of nitrogens with zero attached hydrogens (tertiary/aromatic N) is 5. The lowest BCUT2D eigenvalue weighted by Gasteiger charge is -2.33. The zero-order chi connectivity index (χ0) is 18.5. The van der Waals surface area contributed by atoms with Gasteiger partial charge in [-0.3, -0.25) is 14.4 Å². The standard InChI is InChI=1S/C21H35N5O/c27-21(20-17-26(23-22-20)16-18-8-3-1-4-9-18)25-13-7-12-24(14-15-25)19-10-5-2-6-11-19/h17-19H,1-16H2. The van der Waals surface area contributed by atoms with E-state index in [1.54, 1.807) is 0 Å². The third-order valence-corrected chi connectivity index (χ3v) is 6.84. The summed E-state index contributed by atoms with van der Waals surface area (Å²) in [7, 11) is 0. The van der Waals surface area contributed by atoms with Gasteiger partial charge in [-0.05, 0) is 38.0 Å². The molecule has 0 aromatic carbocycles. The molecule has 0 N–H and O–H groups in total. The van der Waals surface area contributed by atoms with Gasteiger partial charge in [0.15, 0.2) is 5.69 Å². The van der Waals surface area contributed by atoms with Crippen molar-refractivity contribution in [3.05, 3.63) is 11.9 Å². The first-order valence-electron chi connectivity index (χ1n) is 11.2. The molecule has 6 nitrogen and oxygen atoms in total. The van der Waals surface area contributed by atoms with Crippen LogP contribution in [0.15, 0.2) is 6.20 Å². The van der Waals surface area contributed by atoms with Crippen molar-refractivity contribution in [2.24, 2.45) is 5.92 Å². The quantitative estimate of drug-likeness (QED) is 0.812. The Morgan fingerprint density at radius 1 is 0.889 bits per heavy atom. The number of carbonyl (C=O) groups is 1. The molecule has 150 valence electrons. The molecule has 27 heavy (non-hydrogen) atoms. The zero-order valence-electron chi connectivity index (χ0n) is 16.7. The van der Waals surface area contributed by atoms with E-state index in [2.05, 4.69) is 15.2 Å². The molecule has 0 atom stereocenters. The summed E-state index contributed by atoms with van der Waals surface area (Å²) in [6.45, 7) is 4.72. The maximum absolute atomic E-state index is 12.9. The van der Waals surface area contributed by atoms with Crippen LogP contribution >= 0.6 is 0 Å². The highest BCUT2D eigenvalue weighted by Gasteiger charge is 2.27. The highest BCUT2D eigenvalue weighted by Crippen LogP contribution is 2.25. The van der Waals surface area contributed by atoms with Crippen LogP contribution in [0.3, 0.4) is 0 Å². The fraction of sp³-hybridized carbons (Fsp3) is 0.857. The number of hydrogen-bond acceptors (Lipinski definition) is 4. The summed E-state index contributed by atoms with van der Waals surface area (Å²) in [6.07, 6.45) is 16.3. The molecular formula is C21H35N5O. The molecule has 1 amide bonds. The summed E-state index contributed by atoms with van der Waals surface area (Å²) in [4.78, 5) is 17.6. The first-order chi connectivity index (χ1) is 13.3. The SMILES string of the molecule is O=C(c1cn(CC2CCCCC2)nn1)N1CCCN(C2CCCCC2)CC1. The predicted molar refractivity (Wildman–Crippen MR) is 106 cm³/mol. The molecule has 6 heteroatoms. The van der Waals surface area contributed by atoms with Crippen LogP contribution in [0.25, 0.3) is 0 Å². The van der Waals surface area contributed by atoms with E-state index in [-0.39, 0.29) is 5.91 Å². The van der Waals surface area contributed by atoms with Crippen molar-refractivity contribution < 1.29 is 4.79 Å². The Hall–Kier alpha value is -1.43. The van der Waals surface area contributed by atoms with E-state index in [9.17, 15) is 4.79 Å². The smallest absolute Gasteiger partial charge is 0.276 e. The van der Waals surface area contributed by atoms with Crippen LogP contribution < -0.4 is 0 Å². The minimum absolute atomic E-state index is 0.0652. The van der Waals surface area contributed by atoms with E-state index in [0.29, 0.717) is 11.6 Å². The molecule has 1 saturated heterocycles. The van der Waals surface area contributed by atoms with E-state index in [0.717, 1.165) is 45.2 Å². The van der Waals surface area contributed by atoms with Crippen molar-refractivity contribution in [1.82, 2.24) is 24.8 Å². The lowest BCUT2D eigenvalue weighted by Crippen LogP contribution is -2.40. The largest absolute Gasteiger partial charge is 0.336 e.